The number of methoxy groups -OCH3 is 3. The van der Waals surface area contributed by atoms with Crippen molar-refractivity contribution in [1.82, 2.24) is 0 Å². The Morgan fingerprint density at radius 1 is 0.944 bits per heavy atom. The van der Waals surface area contributed by atoms with E-state index in [1.165, 1.54) is 39.5 Å². The predicted octanol–water partition coefficient (Wildman–Crippen LogP) is 5.25. The van der Waals surface area contributed by atoms with Crippen molar-refractivity contribution in [1.29, 1.82) is 0 Å². The van der Waals surface area contributed by atoms with Crippen LogP contribution >= 0.6 is 0 Å². The molecule has 1 aliphatic rings. The van der Waals surface area contributed by atoms with E-state index in [0.717, 1.165) is 5.56 Å². The molecule has 0 saturated carbocycles. The first kappa shape index (κ1) is 24.7. The van der Waals surface area contributed by atoms with Crippen molar-refractivity contribution in [3.05, 3.63) is 76.5 Å². The zero-order valence-corrected chi connectivity index (χ0v) is 20.7. The molecular formula is C28H26O8. The van der Waals surface area contributed by atoms with Crippen LogP contribution in [-0.4, -0.2) is 39.7 Å². The minimum absolute atomic E-state index is 0.161. The highest BCUT2D eigenvalue weighted by molar-refractivity contribution is 6.15. The standard InChI is InChI=1S/C28H26O8/c1-6-34-20-10-8-7-9-17(20)12-22-26(29)25-16(2)11-19(15-21(25)36-22)35-28(30)18-13-23(31-3)27(33-5)24(14-18)32-4/h7-15H,6H2,1-5H3/b22-12-. The molecule has 4 rings (SSSR count). The largest absolute Gasteiger partial charge is 0.493 e. The van der Waals surface area contributed by atoms with Crippen LogP contribution in [0.2, 0.25) is 0 Å². The number of aryl methyl sites for hydroxylation is 1. The maximum absolute atomic E-state index is 13.1. The van der Waals surface area contributed by atoms with E-state index >= 15 is 0 Å². The van der Waals surface area contributed by atoms with Gasteiger partial charge in [0.25, 0.3) is 0 Å². The van der Waals surface area contributed by atoms with Gasteiger partial charge in [-0.3, -0.25) is 4.79 Å². The zero-order valence-electron chi connectivity index (χ0n) is 20.7. The predicted molar refractivity (Wildman–Crippen MR) is 133 cm³/mol. The van der Waals surface area contributed by atoms with E-state index in [-0.39, 0.29) is 22.9 Å². The monoisotopic (exact) mass is 490 g/mol. The SMILES string of the molecule is CCOc1ccccc1/C=C1\Oc2cc(OC(=O)c3cc(OC)c(OC)c(OC)c3)cc(C)c2C1=O. The van der Waals surface area contributed by atoms with Gasteiger partial charge in [-0.15, -0.1) is 0 Å². The van der Waals surface area contributed by atoms with Crippen LogP contribution < -0.4 is 28.4 Å². The van der Waals surface area contributed by atoms with Gasteiger partial charge in [0.1, 0.15) is 17.2 Å². The number of fused-ring (bicyclic) bond motifs is 1. The van der Waals surface area contributed by atoms with E-state index in [9.17, 15) is 9.59 Å². The molecule has 8 nitrogen and oxygen atoms in total. The summed E-state index contributed by atoms with van der Waals surface area (Å²) in [5.74, 6) is 1.47. The van der Waals surface area contributed by atoms with Crippen LogP contribution in [0.25, 0.3) is 6.08 Å². The van der Waals surface area contributed by atoms with E-state index in [1.807, 2.05) is 31.2 Å². The fourth-order valence-electron chi connectivity index (χ4n) is 3.93. The summed E-state index contributed by atoms with van der Waals surface area (Å²) in [7, 11) is 4.40. The normalized spacial score (nSPS) is 13.1. The van der Waals surface area contributed by atoms with Crippen LogP contribution in [0, 0.1) is 6.92 Å². The Hall–Kier alpha value is -4.46. The van der Waals surface area contributed by atoms with E-state index in [0.29, 0.717) is 46.5 Å². The molecule has 3 aromatic carbocycles. The van der Waals surface area contributed by atoms with Gasteiger partial charge in [-0.05, 0) is 49.8 Å². The van der Waals surface area contributed by atoms with Gasteiger partial charge in [0.15, 0.2) is 17.3 Å². The summed E-state index contributed by atoms with van der Waals surface area (Å²) in [5.41, 5.74) is 1.96. The summed E-state index contributed by atoms with van der Waals surface area (Å²) in [6, 6.07) is 13.5. The summed E-state index contributed by atoms with van der Waals surface area (Å²) >= 11 is 0. The van der Waals surface area contributed by atoms with Crippen LogP contribution in [0.15, 0.2) is 54.3 Å². The number of Topliss-reactive ketones (excluding diaryl/α,β-unsaturated/α-hetero) is 1. The summed E-state index contributed by atoms with van der Waals surface area (Å²) in [4.78, 5) is 26.0. The van der Waals surface area contributed by atoms with Gasteiger partial charge in [-0.25, -0.2) is 4.79 Å². The molecule has 0 radical (unpaired) electrons. The minimum Gasteiger partial charge on any atom is -0.493 e. The summed E-state index contributed by atoms with van der Waals surface area (Å²) in [6.45, 7) is 4.14. The Morgan fingerprint density at radius 3 is 2.28 bits per heavy atom. The number of benzene rings is 3. The lowest BCUT2D eigenvalue weighted by molar-refractivity contribution is 0.0733. The molecule has 1 heterocycles. The van der Waals surface area contributed by atoms with Gasteiger partial charge in [-0.1, -0.05) is 18.2 Å². The third-order valence-electron chi connectivity index (χ3n) is 5.56. The van der Waals surface area contributed by atoms with Crippen molar-refractivity contribution in [3.8, 4) is 34.5 Å². The number of hydrogen-bond acceptors (Lipinski definition) is 8. The molecule has 0 spiro atoms. The van der Waals surface area contributed by atoms with Crippen molar-refractivity contribution in [2.24, 2.45) is 0 Å². The number of ketones is 1. The average molecular weight is 491 g/mol. The lowest BCUT2D eigenvalue weighted by atomic mass is 10.0. The van der Waals surface area contributed by atoms with E-state index < -0.39 is 5.97 Å². The molecule has 0 aromatic heterocycles. The Morgan fingerprint density at radius 2 is 1.64 bits per heavy atom. The number of rotatable bonds is 8. The Balaban J connectivity index is 1.62. The van der Waals surface area contributed by atoms with Crippen LogP contribution in [0.5, 0.6) is 34.5 Å². The number of allylic oxidation sites excluding steroid dienone is 1. The van der Waals surface area contributed by atoms with Gasteiger partial charge >= 0.3 is 5.97 Å². The van der Waals surface area contributed by atoms with Crippen LogP contribution in [0.3, 0.4) is 0 Å². The van der Waals surface area contributed by atoms with E-state index in [2.05, 4.69) is 0 Å². The highest BCUT2D eigenvalue weighted by atomic mass is 16.5. The van der Waals surface area contributed by atoms with Gasteiger partial charge in [-0.2, -0.15) is 0 Å². The van der Waals surface area contributed by atoms with Crippen molar-refractivity contribution < 1.29 is 38.0 Å². The van der Waals surface area contributed by atoms with Crippen molar-refractivity contribution in [3.63, 3.8) is 0 Å². The minimum atomic E-state index is -0.640. The average Bonchev–Trinajstić information content (AvgIpc) is 3.19. The molecular weight excluding hydrogens is 464 g/mol. The van der Waals surface area contributed by atoms with Crippen LogP contribution in [-0.2, 0) is 0 Å². The van der Waals surface area contributed by atoms with Crippen LogP contribution in [0.1, 0.15) is 38.8 Å². The summed E-state index contributed by atoms with van der Waals surface area (Å²) in [6.07, 6.45) is 1.65. The topological polar surface area (TPSA) is 89.5 Å². The Kier molecular flexibility index (Phi) is 7.15. The van der Waals surface area contributed by atoms with Crippen molar-refractivity contribution >= 4 is 17.8 Å². The molecule has 0 atom stereocenters. The Bertz CT molecular complexity index is 1330. The first-order chi connectivity index (χ1) is 17.4. The zero-order chi connectivity index (χ0) is 25.8. The van der Waals surface area contributed by atoms with Crippen molar-refractivity contribution in [2.45, 2.75) is 13.8 Å². The lowest BCUT2D eigenvalue weighted by Crippen LogP contribution is -2.10. The molecule has 3 aromatic rings. The quantitative estimate of drug-likeness (QED) is 0.240. The number of carbonyl (C=O) groups excluding carboxylic acids is 2. The summed E-state index contributed by atoms with van der Waals surface area (Å²) < 4.78 is 33.0. The number of hydrogen-bond donors (Lipinski definition) is 0. The second kappa shape index (κ2) is 10.4. The molecule has 36 heavy (non-hydrogen) atoms. The second-order valence-corrected chi connectivity index (χ2v) is 7.83. The highest BCUT2D eigenvalue weighted by Crippen LogP contribution is 2.40. The van der Waals surface area contributed by atoms with Crippen molar-refractivity contribution in [2.75, 3.05) is 27.9 Å². The molecule has 186 valence electrons. The number of esters is 1. The van der Waals surface area contributed by atoms with Gasteiger partial charge < -0.3 is 28.4 Å². The first-order valence-electron chi connectivity index (χ1n) is 11.2. The van der Waals surface area contributed by atoms with E-state index in [1.54, 1.807) is 19.1 Å². The van der Waals surface area contributed by atoms with Crippen LogP contribution in [0.4, 0.5) is 0 Å². The first-order valence-corrected chi connectivity index (χ1v) is 11.2. The molecule has 0 N–H and O–H groups in total. The third kappa shape index (κ3) is 4.70. The number of ether oxygens (including phenoxy) is 6. The molecule has 0 bridgehead atoms. The highest BCUT2D eigenvalue weighted by Gasteiger charge is 2.31. The molecule has 0 aliphatic carbocycles. The maximum Gasteiger partial charge on any atom is 0.343 e. The summed E-state index contributed by atoms with van der Waals surface area (Å²) in [5, 5.41) is 0. The molecule has 0 fully saturated rings. The molecule has 1 aliphatic heterocycles. The Labute approximate surface area is 209 Å². The molecule has 8 heteroatoms. The third-order valence-corrected chi connectivity index (χ3v) is 5.56. The van der Waals surface area contributed by atoms with E-state index in [4.69, 9.17) is 28.4 Å². The van der Waals surface area contributed by atoms with Gasteiger partial charge in [0, 0.05) is 11.6 Å². The fourth-order valence-corrected chi connectivity index (χ4v) is 3.93. The fraction of sp³-hybridized carbons (Fsp3) is 0.214. The van der Waals surface area contributed by atoms with Gasteiger partial charge in [0.2, 0.25) is 11.5 Å². The lowest BCUT2D eigenvalue weighted by Gasteiger charge is -2.14. The number of carbonyl (C=O) groups is 2. The second-order valence-electron chi connectivity index (χ2n) is 7.83. The smallest absolute Gasteiger partial charge is 0.343 e. The number of para-hydroxylation sites is 1. The molecule has 0 amide bonds. The van der Waals surface area contributed by atoms with Gasteiger partial charge in [0.05, 0.1) is 39.1 Å². The maximum atomic E-state index is 13.1. The molecule has 0 unspecified atom stereocenters. The molecule has 0 saturated heterocycles.